The Hall–Kier alpha value is -1.20. The summed E-state index contributed by atoms with van der Waals surface area (Å²) in [5, 5.41) is 0. The van der Waals surface area contributed by atoms with Crippen molar-refractivity contribution in [2.45, 2.75) is 20.3 Å². The van der Waals surface area contributed by atoms with Gasteiger partial charge in [0.2, 0.25) is 5.91 Å². The number of ketones is 1. The SMILES string of the molecule is Cc1cc(C(=O)CN2CCCN(C)C(=O)C2)c(C)s1. The molecule has 0 bridgehead atoms. The van der Waals surface area contributed by atoms with Gasteiger partial charge >= 0.3 is 0 Å². The van der Waals surface area contributed by atoms with E-state index in [-0.39, 0.29) is 11.7 Å². The molecule has 1 aromatic rings. The van der Waals surface area contributed by atoms with Gasteiger partial charge in [-0.3, -0.25) is 14.5 Å². The quantitative estimate of drug-likeness (QED) is 0.792. The molecule has 0 aromatic carbocycles. The first kappa shape index (κ1) is 14.2. The lowest BCUT2D eigenvalue weighted by Crippen LogP contribution is -2.37. The zero-order valence-corrected chi connectivity index (χ0v) is 12.5. The molecule has 0 spiro atoms. The van der Waals surface area contributed by atoms with Crippen LogP contribution in [0.1, 0.15) is 26.5 Å². The molecule has 1 saturated heterocycles. The van der Waals surface area contributed by atoms with Crippen molar-refractivity contribution in [2.24, 2.45) is 0 Å². The monoisotopic (exact) mass is 280 g/mol. The van der Waals surface area contributed by atoms with Gasteiger partial charge in [-0.2, -0.15) is 0 Å². The molecule has 1 amide bonds. The minimum atomic E-state index is 0.100. The van der Waals surface area contributed by atoms with E-state index in [2.05, 4.69) is 0 Å². The van der Waals surface area contributed by atoms with Crippen molar-refractivity contribution in [3.63, 3.8) is 0 Å². The molecule has 19 heavy (non-hydrogen) atoms. The molecule has 5 heteroatoms. The fourth-order valence-electron chi connectivity index (χ4n) is 2.38. The van der Waals surface area contributed by atoms with Crippen molar-refractivity contribution in [1.82, 2.24) is 9.80 Å². The van der Waals surface area contributed by atoms with Crippen LogP contribution in [-0.4, -0.2) is 54.7 Å². The summed E-state index contributed by atoms with van der Waals surface area (Å²) in [5.41, 5.74) is 0.813. The summed E-state index contributed by atoms with van der Waals surface area (Å²) in [7, 11) is 1.82. The molecular formula is C14H20N2O2S. The summed E-state index contributed by atoms with van der Waals surface area (Å²) in [6.45, 7) is 6.27. The lowest BCUT2D eigenvalue weighted by molar-refractivity contribution is -0.129. The van der Waals surface area contributed by atoms with Gasteiger partial charge in [-0.25, -0.2) is 0 Å². The summed E-state index contributed by atoms with van der Waals surface area (Å²) in [5.74, 6) is 0.225. The molecule has 1 fully saturated rings. The van der Waals surface area contributed by atoms with Crippen molar-refractivity contribution in [1.29, 1.82) is 0 Å². The first-order valence-corrected chi connectivity index (χ1v) is 7.35. The highest BCUT2D eigenvalue weighted by Crippen LogP contribution is 2.21. The van der Waals surface area contributed by atoms with Crippen molar-refractivity contribution >= 4 is 23.0 Å². The predicted molar refractivity (Wildman–Crippen MR) is 76.8 cm³/mol. The molecule has 0 saturated carbocycles. The van der Waals surface area contributed by atoms with E-state index in [1.807, 2.05) is 31.9 Å². The van der Waals surface area contributed by atoms with Crippen LogP contribution in [0.25, 0.3) is 0 Å². The molecule has 1 aromatic heterocycles. The van der Waals surface area contributed by atoms with Crippen LogP contribution in [0.2, 0.25) is 0 Å². The van der Waals surface area contributed by atoms with Crippen LogP contribution in [0, 0.1) is 13.8 Å². The normalized spacial score (nSPS) is 17.6. The Labute approximate surface area is 118 Å². The Morgan fingerprint density at radius 1 is 1.37 bits per heavy atom. The summed E-state index contributed by atoms with van der Waals surface area (Å²) in [6, 6.07) is 1.95. The lowest BCUT2D eigenvalue weighted by Gasteiger charge is -2.18. The van der Waals surface area contributed by atoms with Crippen LogP contribution in [0.3, 0.4) is 0 Å². The molecule has 0 atom stereocenters. The van der Waals surface area contributed by atoms with E-state index in [9.17, 15) is 9.59 Å². The number of amides is 1. The van der Waals surface area contributed by atoms with Crippen LogP contribution in [0.4, 0.5) is 0 Å². The maximum absolute atomic E-state index is 12.3. The van der Waals surface area contributed by atoms with E-state index in [1.165, 1.54) is 0 Å². The number of carbonyl (C=O) groups excluding carboxylic acids is 2. The van der Waals surface area contributed by atoms with Gasteiger partial charge < -0.3 is 4.90 Å². The zero-order valence-electron chi connectivity index (χ0n) is 11.7. The molecule has 0 N–H and O–H groups in total. The predicted octanol–water partition coefficient (Wildman–Crippen LogP) is 1.71. The molecule has 104 valence electrons. The van der Waals surface area contributed by atoms with Crippen LogP contribution < -0.4 is 0 Å². The second-order valence-electron chi connectivity index (χ2n) is 5.13. The van der Waals surface area contributed by atoms with Gasteiger partial charge in [-0.05, 0) is 26.3 Å². The lowest BCUT2D eigenvalue weighted by atomic mass is 10.1. The fourth-order valence-corrected chi connectivity index (χ4v) is 3.32. The number of likely N-dealkylation sites (N-methyl/N-ethyl adjacent to an activating group) is 1. The number of Topliss-reactive ketones (excluding diaryl/α,β-unsaturated/α-hetero) is 1. The van der Waals surface area contributed by atoms with E-state index < -0.39 is 0 Å². The molecular weight excluding hydrogens is 260 g/mol. The average Bonchev–Trinajstić information content (AvgIpc) is 2.59. The molecule has 2 rings (SSSR count). The maximum atomic E-state index is 12.3. The third-order valence-corrected chi connectivity index (χ3v) is 4.43. The van der Waals surface area contributed by atoms with Gasteiger partial charge in [0.05, 0.1) is 13.1 Å². The second-order valence-corrected chi connectivity index (χ2v) is 6.59. The van der Waals surface area contributed by atoms with Crippen LogP contribution in [0.15, 0.2) is 6.07 Å². The summed E-state index contributed by atoms with van der Waals surface area (Å²) >= 11 is 1.65. The van der Waals surface area contributed by atoms with E-state index in [4.69, 9.17) is 0 Å². The number of rotatable bonds is 3. The topological polar surface area (TPSA) is 40.6 Å². The molecule has 1 aliphatic rings. The first-order chi connectivity index (χ1) is 8.97. The molecule has 0 aliphatic carbocycles. The third-order valence-electron chi connectivity index (χ3n) is 3.46. The Kier molecular flexibility index (Phi) is 4.37. The minimum absolute atomic E-state index is 0.100. The number of carbonyl (C=O) groups is 2. The standard InChI is InChI=1S/C14H20N2O2S/c1-10-7-12(11(2)19-10)13(17)8-16-6-4-5-15(3)14(18)9-16/h7H,4-6,8-9H2,1-3H3. The zero-order chi connectivity index (χ0) is 14.0. The van der Waals surface area contributed by atoms with Crippen LogP contribution >= 0.6 is 11.3 Å². The third kappa shape index (κ3) is 3.42. The van der Waals surface area contributed by atoms with Crippen molar-refractivity contribution in [2.75, 3.05) is 33.2 Å². The van der Waals surface area contributed by atoms with E-state index >= 15 is 0 Å². The highest BCUT2D eigenvalue weighted by Gasteiger charge is 2.22. The highest BCUT2D eigenvalue weighted by molar-refractivity contribution is 7.12. The van der Waals surface area contributed by atoms with E-state index in [0.29, 0.717) is 13.1 Å². The van der Waals surface area contributed by atoms with Crippen molar-refractivity contribution in [3.05, 3.63) is 21.4 Å². The van der Waals surface area contributed by atoms with E-state index in [1.54, 1.807) is 16.2 Å². The number of thiophene rings is 1. The second kappa shape index (κ2) is 5.84. The molecule has 1 aliphatic heterocycles. The summed E-state index contributed by atoms with van der Waals surface area (Å²) in [4.78, 5) is 30.0. The van der Waals surface area contributed by atoms with Gasteiger partial charge in [-0.1, -0.05) is 0 Å². The van der Waals surface area contributed by atoms with Gasteiger partial charge in [-0.15, -0.1) is 11.3 Å². The Balaban J connectivity index is 2.02. The maximum Gasteiger partial charge on any atom is 0.236 e. The molecule has 0 unspecified atom stereocenters. The Morgan fingerprint density at radius 2 is 2.11 bits per heavy atom. The largest absolute Gasteiger partial charge is 0.345 e. The van der Waals surface area contributed by atoms with Crippen LogP contribution in [-0.2, 0) is 4.79 Å². The van der Waals surface area contributed by atoms with E-state index in [0.717, 1.165) is 34.8 Å². The Morgan fingerprint density at radius 3 is 2.74 bits per heavy atom. The van der Waals surface area contributed by atoms with Crippen LogP contribution in [0.5, 0.6) is 0 Å². The number of hydrogen-bond donors (Lipinski definition) is 0. The first-order valence-electron chi connectivity index (χ1n) is 6.54. The molecule has 2 heterocycles. The number of hydrogen-bond acceptors (Lipinski definition) is 4. The van der Waals surface area contributed by atoms with Gasteiger partial charge in [0.15, 0.2) is 5.78 Å². The number of nitrogens with zero attached hydrogens (tertiary/aromatic N) is 2. The van der Waals surface area contributed by atoms with Crippen molar-refractivity contribution in [3.8, 4) is 0 Å². The number of aryl methyl sites for hydroxylation is 2. The average molecular weight is 280 g/mol. The fraction of sp³-hybridized carbons (Fsp3) is 0.571. The van der Waals surface area contributed by atoms with Gasteiger partial charge in [0.25, 0.3) is 0 Å². The van der Waals surface area contributed by atoms with Gasteiger partial charge in [0.1, 0.15) is 0 Å². The van der Waals surface area contributed by atoms with Crippen molar-refractivity contribution < 1.29 is 9.59 Å². The molecule has 0 radical (unpaired) electrons. The highest BCUT2D eigenvalue weighted by atomic mass is 32.1. The Bertz CT molecular complexity index is 496. The van der Waals surface area contributed by atoms with Gasteiger partial charge in [0, 0.05) is 35.5 Å². The summed E-state index contributed by atoms with van der Waals surface area (Å²) < 4.78 is 0. The minimum Gasteiger partial charge on any atom is -0.345 e. The summed E-state index contributed by atoms with van der Waals surface area (Å²) in [6.07, 6.45) is 0.928. The smallest absolute Gasteiger partial charge is 0.236 e. The molecule has 4 nitrogen and oxygen atoms in total.